The zero-order valence-corrected chi connectivity index (χ0v) is 8.95. The summed E-state index contributed by atoms with van der Waals surface area (Å²) >= 11 is 0. The Morgan fingerprint density at radius 1 is 1.42 bits per heavy atom. The van der Waals surface area contributed by atoms with Crippen LogP contribution < -0.4 is 34.3 Å². The molecule has 12 heavy (non-hydrogen) atoms. The topological polar surface area (TPSA) is 69.2 Å². The minimum atomic E-state index is -5.69. The first-order valence-electron chi connectivity index (χ1n) is 7.95. The first kappa shape index (κ1) is 3.47. The normalized spacial score (nSPS) is 57.2. The molecule has 1 rings (SSSR count). The average molecular weight is 212 g/mol. The number of hydrogen-bond donors (Lipinski definition) is 1. The number of rotatable bonds is 2. The summed E-state index contributed by atoms with van der Waals surface area (Å²) in [5.74, 6) is 0. The summed E-state index contributed by atoms with van der Waals surface area (Å²) in [7, 11) is -5.69. The maximum Gasteiger partial charge on any atom is 1.00 e. The third-order valence-corrected chi connectivity index (χ3v) is 1.18. The van der Waals surface area contributed by atoms with Gasteiger partial charge in [0.05, 0.1) is 0 Å². The molecule has 1 N–H and O–H groups in total. The summed E-state index contributed by atoms with van der Waals surface area (Å²) in [6.07, 6.45) is -19.3. The van der Waals surface area contributed by atoms with Crippen LogP contribution >= 0.6 is 0 Å². The minimum Gasteiger partial charge on any atom is -0.735 e. The van der Waals surface area contributed by atoms with Gasteiger partial charge in [-0.2, -0.15) is 0 Å². The Morgan fingerprint density at radius 3 is 2.33 bits per heavy atom. The molecule has 0 atom stereocenters. The van der Waals surface area contributed by atoms with E-state index in [9.17, 15) is 13.0 Å². The third-order valence-electron chi connectivity index (χ3n) is 0.727. The average Bonchev–Trinajstić information content (AvgIpc) is 2.23. The summed E-state index contributed by atoms with van der Waals surface area (Å²) in [4.78, 5) is 0. The van der Waals surface area contributed by atoms with Gasteiger partial charge in [-0.25, -0.2) is 13.1 Å². The molecule has 0 aromatic heterocycles. The standard InChI is InChI=1S/C6H13NO3S.Na/c8-11(9,10)7-6-4-2-1-3-5-6;/h6-7H,1-5H2,(H,8,9,10);/q;+1/p-1/i1D2,2D2,3D2,4D2,5D2,6D;. The van der Waals surface area contributed by atoms with Crippen LogP contribution in [-0.4, -0.2) is 19.0 Å². The maximum atomic E-state index is 10.8. The summed E-state index contributed by atoms with van der Waals surface area (Å²) in [6.45, 7) is 0. The summed E-state index contributed by atoms with van der Waals surface area (Å²) < 4.78 is 116. The van der Waals surface area contributed by atoms with E-state index < -0.39 is 48.2 Å². The Morgan fingerprint density at radius 2 is 1.92 bits per heavy atom. The molecular formula is C6H12NNaO3S. The van der Waals surface area contributed by atoms with Gasteiger partial charge >= 0.3 is 29.6 Å². The maximum absolute atomic E-state index is 10.8. The number of nitrogens with one attached hydrogen (secondary N) is 1. The molecule has 0 saturated heterocycles. The van der Waals surface area contributed by atoms with Crippen LogP contribution in [0.25, 0.3) is 0 Å². The van der Waals surface area contributed by atoms with E-state index in [-0.39, 0.29) is 29.6 Å². The molecule has 0 heterocycles. The molecule has 1 aliphatic rings. The second-order valence-electron chi connectivity index (χ2n) is 1.56. The second kappa shape index (κ2) is 5.57. The molecule has 0 spiro atoms. The van der Waals surface area contributed by atoms with Gasteiger partial charge in [0.1, 0.15) is 0 Å². The van der Waals surface area contributed by atoms with Crippen LogP contribution in [0.3, 0.4) is 0 Å². The molecule has 1 aliphatic carbocycles. The molecule has 0 aromatic rings. The third kappa shape index (κ3) is 5.50. The molecule has 6 heteroatoms. The van der Waals surface area contributed by atoms with Crippen LogP contribution in [0.1, 0.15) is 46.9 Å². The Kier molecular flexibility index (Phi) is 1.61. The van der Waals surface area contributed by atoms with Crippen molar-refractivity contribution in [2.75, 3.05) is 0 Å². The number of hydrogen-bond acceptors (Lipinski definition) is 3. The summed E-state index contributed by atoms with van der Waals surface area (Å²) in [5, 5.41) is 0. The van der Waals surface area contributed by atoms with E-state index >= 15 is 0 Å². The fourth-order valence-corrected chi connectivity index (χ4v) is 0.778. The molecule has 4 nitrogen and oxygen atoms in total. The van der Waals surface area contributed by atoms with E-state index in [4.69, 9.17) is 15.1 Å². The first-order chi connectivity index (χ1) is 9.21. The van der Waals surface area contributed by atoms with Crippen molar-refractivity contribution in [1.29, 1.82) is 0 Å². The Hall–Kier alpha value is 0.870. The minimum absolute atomic E-state index is 0. The van der Waals surface area contributed by atoms with Crippen LogP contribution in [0.4, 0.5) is 0 Å². The monoisotopic (exact) mass is 212 g/mol. The van der Waals surface area contributed by atoms with Gasteiger partial charge in [-0.05, 0) is 12.7 Å². The van der Waals surface area contributed by atoms with Gasteiger partial charge in [-0.15, -0.1) is 0 Å². The predicted octanol–water partition coefficient (Wildman–Crippen LogP) is -2.63. The van der Waals surface area contributed by atoms with Crippen LogP contribution in [0.15, 0.2) is 0 Å². The molecular weight excluding hydrogens is 189 g/mol. The van der Waals surface area contributed by atoms with Crippen LogP contribution in [0.5, 0.6) is 0 Å². The predicted molar refractivity (Wildman–Crippen MR) is 39.7 cm³/mol. The van der Waals surface area contributed by atoms with E-state index in [1.165, 1.54) is 0 Å². The molecule has 0 aliphatic heterocycles. The van der Waals surface area contributed by atoms with Gasteiger partial charge in [-0.1, -0.05) is 19.1 Å². The SMILES string of the molecule is [2H]C1([2H])C([2H])([2H])C([2H])([2H])C([2H])(NS(=O)(=O)[O-])C([2H])([2H])C1([2H])[2H].[Na+]. The van der Waals surface area contributed by atoms with Crippen molar-refractivity contribution in [1.82, 2.24) is 4.72 Å². The Labute approximate surface area is 111 Å². The van der Waals surface area contributed by atoms with Crippen molar-refractivity contribution in [3.8, 4) is 0 Å². The van der Waals surface area contributed by atoms with E-state index in [1.54, 1.807) is 0 Å². The van der Waals surface area contributed by atoms with Gasteiger partial charge in [-0.3, -0.25) is 0 Å². The first-order valence-corrected chi connectivity index (χ1v) is 3.86. The quantitative estimate of drug-likeness (QED) is 0.402. The largest absolute Gasteiger partial charge is 1.00 e. The summed E-state index contributed by atoms with van der Waals surface area (Å²) in [5.41, 5.74) is 0. The van der Waals surface area contributed by atoms with Crippen molar-refractivity contribution in [3.63, 3.8) is 0 Å². The van der Waals surface area contributed by atoms with Crippen molar-refractivity contribution in [2.24, 2.45) is 0 Å². The molecule has 0 bridgehead atoms. The fraction of sp³-hybridized carbons (Fsp3) is 1.00. The zero-order valence-electron chi connectivity index (χ0n) is 17.1. The van der Waals surface area contributed by atoms with E-state index in [2.05, 4.69) is 0 Å². The van der Waals surface area contributed by atoms with E-state index in [0.717, 1.165) is 4.72 Å². The fourth-order valence-electron chi connectivity index (χ4n) is 0.426. The Balaban J connectivity index is 0.00000484. The second-order valence-corrected chi connectivity index (χ2v) is 2.67. The molecule has 1 saturated carbocycles. The van der Waals surface area contributed by atoms with Crippen molar-refractivity contribution < 1.29 is 57.6 Å². The molecule has 0 unspecified atom stereocenters. The van der Waals surface area contributed by atoms with Gasteiger partial charge in [0.25, 0.3) is 0 Å². The van der Waals surface area contributed by atoms with E-state index in [1.807, 2.05) is 0 Å². The van der Waals surface area contributed by atoms with Crippen LogP contribution in [-0.2, 0) is 10.3 Å². The van der Waals surface area contributed by atoms with Crippen molar-refractivity contribution in [3.05, 3.63) is 0 Å². The smallest absolute Gasteiger partial charge is 0.735 e. The molecule has 0 amide bonds. The van der Waals surface area contributed by atoms with Crippen molar-refractivity contribution >= 4 is 10.3 Å². The van der Waals surface area contributed by atoms with Gasteiger partial charge < -0.3 is 4.55 Å². The zero-order chi connectivity index (χ0) is 18.2. The van der Waals surface area contributed by atoms with Gasteiger partial charge in [0.15, 0.2) is 10.3 Å². The molecule has 0 aromatic carbocycles. The van der Waals surface area contributed by atoms with Crippen LogP contribution in [0.2, 0.25) is 0 Å². The van der Waals surface area contributed by atoms with Crippen molar-refractivity contribution in [2.45, 2.75) is 37.9 Å². The summed E-state index contributed by atoms with van der Waals surface area (Å²) in [6, 6.07) is -3.95. The molecule has 1 fully saturated rings. The Bertz CT molecular complexity index is 561. The van der Waals surface area contributed by atoms with E-state index in [0.29, 0.717) is 0 Å². The van der Waals surface area contributed by atoms with Gasteiger partial charge in [0.2, 0.25) is 0 Å². The molecule has 0 radical (unpaired) electrons. The van der Waals surface area contributed by atoms with Gasteiger partial charge in [0, 0.05) is 21.1 Å². The molecule has 66 valence electrons. The van der Waals surface area contributed by atoms with Crippen LogP contribution in [0, 0.1) is 0 Å².